The number of benzene rings is 1. The lowest BCUT2D eigenvalue weighted by Crippen LogP contribution is -2.44. The fourth-order valence-corrected chi connectivity index (χ4v) is 4.11. The van der Waals surface area contributed by atoms with Crippen LogP contribution in [0.1, 0.15) is 63.0 Å². The highest BCUT2D eigenvalue weighted by molar-refractivity contribution is 5.75. The molecule has 25 heavy (non-hydrogen) atoms. The summed E-state index contributed by atoms with van der Waals surface area (Å²) in [6.45, 7) is 0.795. The van der Waals surface area contributed by atoms with Crippen molar-refractivity contribution in [3.05, 3.63) is 23.8 Å². The number of hydrogen-bond acceptors (Lipinski definition) is 3. The van der Waals surface area contributed by atoms with Crippen LogP contribution in [0.3, 0.4) is 0 Å². The maximum absolute atomic E-state index is 12.9. The molecule has 2 fully saturated rings. The number of urea groups is 1. The normalized spacial score (nSPS) is 21.7. The molecule has 5 nitrogen and oxygen atoms in total. The molecule has 0 radical (unpaired) electrons. The van der Waals surface area contributed by atoms with E-state index in [1.165, 1.54) is 25.7 Å². The van der Waals surface area contributed by atoms with Crippen molar-refractivity contribution in [3.63, 3.8) is 0 Å². The van der Waals surface area contributed by atoms with Crippen molar-refractivity contribution in [2.24, 2.45) is 0 Å². The van der Waals surface area contributed by atoms with Gasteiger partial charge in [-0.15, -0.1) is 0 Å². The molecule has 1 aliphatic heterocycles. The summed E-state index contributed by atoms with van der Waals surface area (Å²) in [6.07, 6.45) is 9.21. The van der Waals surface area contributed by atoms with E-state index in [1.807, 2.05) is 23.1 Å². The summed E-state index contributed by atoms with van der Waals surface area (Å²) >= 11 is 0. The van der Waals surface area contributed by atoms with Gasteiger partial charge in [0.15, 0.2) is 0 Å². The second kappa shape index (κ2) is 8.45. The van der Waals surface area contributed by atoms with Gasteiger partial charge in [0.25, 0.3) is 0 Å². The van der Waals surface area contributed by atoms with Crippen LogP contribution in [0.4, 0.5) is 4.79 Å². The third-order valence-corrected chi connectivity index (χ3v) is 5.49. The predicted molar refractivity (Wildman–Crippen MR) is 98.2 cm³/mol. The van der Waals surface area contributed by atoms with Crippen molar-refractivity contribution in [1.29, 1.82) is 0 Å². The molecule has 1 aromatic carbocycles. The first-order valence-corrected chi connectivity index (χ1v) is 9.52. The van der Waals surface area contributed by atoms with E-state index in [0.717, 1.165) is 49.3 Å². The lowest BCUT2D eigenvalue weighted by molar-refractivity contribution is 0.186. The van der Waals surface area contributed by atoms with Gasteiger partial charge in [-0.3, -0.25) is 0 Å². The van der Waals surface area contributed by atoms with E-state index in [1.54, 1.807) is 14.2 Å². The number of amides is 2. The smallest absolute Gasteiger partial charge is 0.318 e. The fraction of sp³-hybridized carbons (Fsp3) is 0.650. The predicted octanol–water partition coefficient (Wildman–Crippen LogP) is 4.27. The molecule has 1 atom stereocenters. The van der Waals surface area contributed by atoms with Gasteiger partial charge in [0.1, 0.15) is 11.5 Å². The molecular weight excluding hydrogens is 316 g/mol. The van der Waals surface area contributed by atoms with E-state index in [9.17, 15) is 4.79 Å². The highest BCUT2D eigenvalue weighted by Gasteiger charge is 2.33. The molecule has 3 rings (SSSR count). The van der Waals surface area contributed by atoms with E-state index in [4.69, 9.17) is 9.47 Å². The van der Waals surface area contributed by atoms with Gasteiger partial charge in [-0.25, -0.2) is 4.79 Å². The maximum Gasteiger partial charge on any atom is 0.318 e. The number of ether oxygens (including phenoxy) is 2. The van der Waals surface area contributed by atoms with E-state index in [2.05, 4.69) is 5.32 Å². The van der Waals surface area contributed by atoms with Gasteiger partial charge in [-0.2, -0.15) is 0 Å². The molecule has 0 bridgehead atoms. The second-order valence-corrected chi connectivity index (χ2v) is 7.10. The number of rotatable bonds is 4. The minimum absolute atomic E-state index is 0.0517. The van der Waals surface area contributed by atoms with Crippen LogP contribution >= 0.6 is 0 Å². The molecular formula is C20H30N2O3. The quantitative estimate of drug-likeness (QED) is 0.828. The number of nitrogens with zero attached hydrogens (tertiary/aromatic N) is 1. The lowest BCUT2D eigenvalue weighted by atomic mass is 10.0. The first-order chi connectivity index (χ1) is 12.2. The van der Waals surface area contributed by atoms with Crippen LogP contribution in [-0.4, -0.2) is 37.7 Å². The summed E-state index contributed by atoms with van der Waals surface area (Å²) in [5.74, 6) is 1.62. The Morgan fingerprint density at radius 2 is 1.80 bits per heavy atom. The van der Waals surface area contributed by atoms with Crippen LogP contribution in [0.2, 0.25) is 0 Å². The van der Waals surface area contributed by atoms with Gasteiger partial charge < -0.3 is 19.7 Å². The molecule has 2 aliphatic rings. The zero-order valence-corrected chi connectivity index (χ0v) is 15.4. The average Bonchev–Trinajstić information content (AvgIpc) is 2.99. The third kappa shape index (κ3) is 4.20. The van der Waals surface area contributed by atoms with Gasteiger partial charge in [-0.05, 0) is 43.9 Å². The van der Waals surface area contributed by atoms with Crippen LogP contribution < -0.4 is 14.8 Å². The van der Waals surface area contributed by atoms with Gasteiger partial charge in [-0.1, -0.05) is 25.7 Å². The number of nitrogens with one attached hydrogen (secondary N) is 1. The molecule has 1 saturated heterocycles. The van der Waals surface area contributed by atoms with Crippen molar-refractivity contribution in [2.45, 2.75) is 63.5 Å². The van der Waals surface area contributed by atoms with Gasteiger partial charge >= 0.3 is 6.03 Å². The Labute approximate surface area is 150 Å². The van der Waals surface area contributed by atoms with Crippen molar-refractivity contribution in [2.75, 3.05) is 20.8 Å². The summed E-state index contributed by atoms with van der Waals surface area (Å²) in [7, 11) is 3.34. The molecule has 1 aliphatic carbocycles. The second-order valence-electron chi connectivity index (χ2n) is 7.10. The summed E-state index contributed by atoms with van der Waals surface area (Å²) in [5, 5.41) is 3.28. The molecule has 1 heterocycles. The third-order valence-electron chi connectivity index (χ3n) is 5.49. The monoisotopic (exact) mass is 346 g/mol. The Bertz CT molecular complexity index is 582. The summed E-state index contributed by atoms with van der Waals surface area (Å²) in [6, 6.07) is 6.26. The Morgan fingerprint density at radius 1 is 1.04 bits per heavy atom. The van der Waals surface area contributed by atoms with Crippen LogP contribution in [0.15, 0.2) is 18.2 Å². The Balaban J connectivity index is 1.74. The minimum Gasteiger partial charge on any atom is -0.497 e. The number of hydrogen-bond donors (Lipinski definition) is 1. The van der Waals surface area contributed by atoms with Crippen molar-refractivity contribution < 1.29 is 14.3 Å². The summed E-state index contributed by atoms with van der Waals surface area (Å²) in [4.78, 5) is 14.9. The van der Waals surface area contributed by atoms with Crippen LogP contribution in [0.25, 0.3) is 0 Å². The summed E-state index contributed by atoms with van der Waals surface area (Å²) in [5.41, 5.74) is 1.04. The highest BCUT2D eigenvalue weighted by Crippen LogP contribution is 2.39. The Kier molecular flexibility index (Phi) is 6.05. The SMILES string of the molecule is COc1ccc(OC)c(C2CCCN2C(=O)NC2CCCCCC2)c1. The molecule has 1 N–H and O–H groups in total. The molecule has 2 amide bonds. The number of carbonyl (C=O) groups excluding carboxylic acids is 1. The first-order valence-electron chi connectivity index (χ1n) is 9.52. The molecule has 1 aromatic rings. The molecule has 138 valence electrons. The number of methoxy groups -OCH3 is 2. The van der Waals surface area contributed by atoms with Crippen LogP contribution in [-0.2, 0) is 0 Å². The molecule has 1 saturated carbocycles. The van der Waals surface area contributed by atoms with E-state index in [0.29, 0.717) is 6.04 Å². The van der Waals surface area contributed by atoms with Crippen molar-refractivity contribution in [3.8, 4) is 11.5 Å². The Morgan fingerprint density at radius 3 is 2.48 bits per heavy atom. The average molecular weight is 346 g/mol. The minimum atomic E-state index is 0.0517. The van der Waals surface area contributed by atoms with Crippen LogP contribution in [0, 0.1) is 0 Å². The molecule has 0 aromatic heterocycles. The topological polar surface area (TPSA) is 50.8 Å². The maximum atomic E-state index is 12.9. The molecule has 0 spiro atoms. The number of carbonyl (C=O) groups is 1. The largest absolute Gasteiger partial charge is 0.497 e. The van der Waals surface area contributed by atoms with Gasteiger partial charge in [0.2, 0.25) is 0 Å². The number of likely N-dealkylation sites (tertiary alicyclic amines) is 1. The summed E-state index contributed by atoms with van der Waals surface area (Å²) < 4.78 is 10.9. The van der Waals surface area contributed by atoms with Crippen LogP contribution in [0.5, 0.6) is 11.5 Å². The van der Waals surface area contributed by atoms with Gasteiger partial charge in [0.05, 0.1) is 20.3 Å². The van der Waals surface area contributed by atoms with Crippen molar-refractivity contribution in [1.82, 2.24) is 10.2 Å². The van der Waals surface area contributed by atoms with E-state index < -0.39 is 0 Å². The zero-order valence-electron chi connectivity index (χ0n) is 15.4. The molecule has 1 unspecified atom stereocenters. The lowest BCUT2D eigenvalue weighted by Gasteiger charge is -2.29. The van der Waals surface area contributed by atoms with E-state index in [-0.39, 0.29) is 12.1 Å². The zero-order chi connectivity index (χ0) is 17.6. The standard InChI is InChI=1S/C20H30N2O3/c1-24-16-11-12-19(25-2)17(14-16)18-10-7-13-22(18)20(23)21-15-8-5-3-4-6-9-15/h11-12,14-15,18H,3-10,13H2,1-2H3,(H,21,23). The van der Waals surface area contributed by atoms with Gasteiger partial charge in [0, 0.05) is 18.2 Å². The molecule has 5 heteroatoms. The highest BCUT2D eigenvalue weighted by atomic mass is 16.5. The fourth-order valence-electron chi connectivity index (χ4n) is 4.11. The van der Waals surface area contributed by atoms with E-state index >= 15 is 0 Å². The van der Waals surface area contributed by atoms with Crippen molar-refractivity contribution >= 4 is 6.03 Å². The Hall–Kier alpha value is -1.91. The first kappa shape index (κ1) is 17.9.